The second-order valence-corrected chi connectivity index (χ2v) is 25.0. The van der Waals surface area contributed by atoms with E-state index in [0.717, 1.165) is 22.1 Å². The molecule has 0 heterocycles. The molecule has 0 radical (unpaired) electrons. The van der Waals surface area contributed by atoms with E-state index in [9.17, 15) is 9.59 Å². The van der Waals surface area contributed by atoms with Gasteiger partial charge in [0.2, 0.25) is 0 Å². The third-order valence-electron chi connectivity index (χ3n) is 18.3. The zero-order valence-electron chi connectivity index (χ0n) is 47.6. The predicted octanol–water partition coefficient (Wildman–Crippen LogP) is 12.2. The lowest BCUT2D eigenvalue weighted by molar-refractivity contribution is -0.167. The van der Waals surface area contributed by atoms with Crippen LogP contribution in [0.3, 0.4) is 0 Å². The standard InChI is InChI=1S/C67H64O14/c1-29-33-11-12-34-31(3)41-42-32(4)43-53-52(42)59-57-51(41)45(34)44(33)49-39(29)40-30(2)35-13-14-36-47-46(35)50(40)58(56(49)57)60(59)54(47)55(53)48(36)62-61(43)67(62,63(70)78-25-23-74-17-15-72-19-21-76-27-37(68)80-65(5,6)7)64(71)79-26-24-75-18-16-73-20-22-77-28-38(69)81-66(8,9)10/h11-14,61-62H,15-28H2,1-10H3. The molecule has 2 aliphatic rings. The van der Waals surface area contributed by atoms with E-state index in [1.807, 2.05) is 0 Å². The first kappa shape index (κ1) is 51.1. The second kappa shape index (κ2) is 17.6. The van der Waals surface area contributed by atoms with Crippen molar-refractivity contribution in [3.8, 4) is 0 Å². The van der Waals surface area contributed by atoms with Crippen LogP contribution in [-0.2, 0) is 66.5 Å². The van der Waals surface area contributed by atoms with Crippen LogP contribution in [0.4, 0.5) is 0 Å². The maximum atomic E-state index is 15.5. The monoisotopic (exact) mass is 1090 g/mol. The largest absolute Gasteiger partial charge is 0.462 e. The van der Waals surface area contributed by atoms with Gasteiger partial charge in [-0.15, -0.1) is 0 Å². The quantitative estimate of drug-likeness (QED) is 0.0185. The van der Waals surface area contributed by atoms with E-state index in [1.165, 1.54) is 141 Å². The number of aryl methyl sites for hydroxylation is 4. The highest BCUT2D eigenvalue weighted by atomic mass is 16.6. The van der Waals surface area contributed by atoms with Gasteiger partial charge in [-0.2, -0.15) is 0 Å². The zero-order valence-corrected chi connectivity index (χ0v) is 47.6. The molecule has 0 saturated heterocycles. The van der Waals surface area contributed by atoms with Crippen LogP contribution in [0, 0.1) is 33.1 Å². The van der Waals surface area contributed by atoms with Crippen LogP contribution in [-0.4, -0.2) is 128 Å². The van der Waals surface area contributed by atoms with Gasteiger partial charge in [-0.05, 0) is 232 Å². The summed E-state index contributed by atoms with van der Waals surface area (Å²) >= 11 is 0. The number of benzene rings is 7. The fraction of sp³-hybridized carbons (Fsp3) is 0.433. The SMILES string of the molecule is Cc1c2c3c4c(c5ccc6c(C)c7c8c(C)c9ccc%10c(C)c%11c1c3c1c3c%11c%10c9c8c3c3c7c6c5c4c13)C1C2C1(C(=O)OCCOCCOCCOCC(=O)OC(C)(C)C)C(=O)OCCOCCOCCOCC(=O)OC(C)(C)C. The molecular weight excluding hydrogens is 1030 g/mol. The maximum Gasteiger partial charge on any atom is 0.332 e. The normalized spacial score (nSPS) is 16.8. The van der Waals surface area contributed by atoms with Gasteiger partial charge in [0.05, 0.1) is 66.1 Å². The van der Waals surface area contributed by atoms with Crippen molar-refractivity contribution < 1.29 is 66.5 Å². The molecule has 2 atom stereocenters. The third-order valence-corrected chi connectivity index (χ3v) is 18.3. The molecule has 1 saturated carbocycles. The Morgan fingerprint density at radius 3 is 1.02 bits per heavy atom. The molecule has 0 amide bonds. The molecule has 0 bridgehead atoms. The Morgan fingerprint density at radius 2 is 0.630 bits per heavy atom. The van der Waals surface area contributed by atoms with Crippen LogP contribution < -0.4 is 0 Å². The van der Waals surface area contributed by atoms with Crippen LogP contribution in [0.25, 0.3) is 129 Å². The molecule has 0 N–H and O–H groups in total. The molecule has 13 aromatic carbocycles. The predicted molar refractivity (Wildman–Crippen MR) is 314 cm³/mol. The Kier molecular flexibility index (Phi) is 11.1. The first-order valence-electron chi connectivity index (χ1n) is 28.6. The summed E-state index contributed by atoms with van der Waals surface area (Å²) in [6.45, 7) is 21.5. The van der Waals surface area contributed by atoms with E-state index in [0.29, 0.717) is 0 Å². The topological polar surface area (TPSA) is 161 Å². The highest BCUT2D eigenvalue weighted by Crippen LogP contribution is 2.79. The number of rotatable bonds is 24. The number of carbonyl (C=O) groups excluding carboxylic acids is 4. The summed E-state index contributed by atoms with van der Waals surface area (Å²) in [6, 6.07) is 9.28. The first-order valence-corrected chi connectivity index (χ1v) is 28.6. The first-order chi connectivity index (χ1) is 38.9. The summed E-state index contributed by atoms with van der Waals surface area (Å²) < 4.78 is 57.1. The molecule has 0 aromatic heterocycles. The van der Waals surface area contributed by atoms with Crippen molar-refractivity contribution in [1.82, 2.24) is 0 Å². The van der Waals surface area contributed by atoms with Gasteiger partial charge in [0, 0.05) is 11.8 Å². The summed E-state index contributed by atoms with van der Waals surface area (Å²) in [6.07, 6.45) is 0. The Labute approximate surface area is 465 Å². The maximum absolute atomic E-state index is 15.5. The smallest absolute Gasteiger partial charge is 0.332 e. The number of hydrogen-bond donors (Lipinski definition) is 0. The fourth-order valence-electron chi connectivity index (χ4n) is 15.8. The van der Waals surface area contributed by atoms with E-state index >= 15 is 9.59 Å². The molecule has 1 fully saturated rings. The van der Waals surface area contributed by atoms with Crippen LogP contribution >= 0.6 is 0 Å². The molecule has 15 rings (SSSR count). The minimum absolute atomic E-state index is 0.0808. The Hall–Kier alpha value is -6.78. The van der Waals surface area contributed by atoms with E-state index in [-0.39, 0.29) is 92.5 Å². The molecule has 14 heteroatoms. The van der Waals surface area contributed by atoms with Gasteiger partial charge in [0.15, 0.2) is 5.41 Å². The molecule has 0 aliphatic heterocycles. The minimum atomic E-state index is -1.70. The number of fused-ring (bicyclic) bond motifs is 6. The van der Waals surface area contributed by atoms with Crippen molar-refractivity contribution in [2.45, 2.75) is 92.3 Å². The summed E-state index contributed by atoms with van der Waals surface area (Å²) in [7, 11) is 0. The molecule has 2 aliphatic carbocycles. The summed E-state index contributed by atoms with van der Waals surface area (Å²) in [5.74, 6) is -3.24. The van der Waals surface area contributed by atoms with E-state index in [2.05, 4.69) is 52.0 Å². The molecule has 81 heavy (non-hydrogen) atoms. The van der Waals surface area contributed by atoms with Crippen LogP contribution in [0.1, 0.15) is 86.8 Å². The lowest BCUT2D eigenvalue weighted by Crippen LogP contribution is -2.34. The van der Waals surface area contributed by atoms with Gasteiger partial charge >= 0.3 is 23.9 Å². The molecule has 416 valence electrons. The van der Waals surface area contributed by atoms with Crippen LogP contribution in [0.2, 0.25) is 0 Å². The minimum Gasteiger partial charge on any atom is -0.462 e. The number of esters is 4. The summed E-state index contributed by atoms with van der Waals surface area (Å²) in [5, 5.41) is 31.2. The Balaban J connectivity index is 0.763. The molecule has 2 unspecified atom stereocenters. The van der Waals surface area contributed by atoms with Gasteiger partial charge in [-0.3, -0.25) is 9.59 Å². The highest BCUT2D eigenvalue weighted by Gasteiger charge is 2.79. The van der Waals surface area contributed by atoms with E-state index in [4.69, 9.17) is 47.4 Å². The molecule has 14 nitrogen and oxygen atoms in total. The molecule has 13 aromatic rings. The van der Waals surface area contributed by atoms with E-state index in [1.54, 1.807) is 41.5 Å². The van der Waals surface area contributed by atoms with Gasteiger partial charge in [0.25, 0.3) is 0 Å². The van der Waals surface area contributed by atoms with Crippen LogP contribution in [0.5, 0.6) is 0 Å². The Bertz CT molecular complexity index is 4530. The average Bonchev–Trinajstić information content (AvgIpc) is 1.50. The van der Waals surface area contributed by atoms with Crippen molar-refractivity contribution in [2.75, 3.05) is 92.5 Å². The lowest BCUT2D eigenvalue weighted by atomic mass is 9.88. The number of ether oxygens (including phenoxy) is 10. The van der Waals surface area contributed by atoms with Gasteiger partial charge in [0.1, 0.15) is 37.6 Å². The fourth-order valence-corrected chi connectivity index (χ4v) is 15.8. The van der Waals surface area contributed by atoms with Crippen molar-refractivity contribution in [3.05, 3.63) is 57.6 Å². The van der Waals surface area contributed by atoms with Crippen LogP contribution in [0.15, 0.2) is 24.3 Å². The number of hydrogen-bond acceptors (Lipinski definition) is 14. The second-order valence-electron chi connectivity index (χ2n) is 25.0. The molecular formula is C67H64O14. The number of carbonyl (C=O) groups is 4. The van der Waals surface area contributed by atoms with Crippen molar-refractivity contribution in [3.63, 3.8) is 0 Å². The van der Waals surface area contributed by atoms with Crippen molar-refractivity contribution in [1.29, 1.82) is 0 Å². The zero-order chi connectivity index (χ0) is 56.1. The highest BCUT2D eigenvalue weighted by molar-refractivity contribution is 6.66. The van der Waals surface area contributed by atoms with Gasteiger partial charge in [-0.25, -0.2) is 9.59 Å². The molecule has 0 spiro atoms. The van der Waals surface area contributed by atoms with Gasteiger partial charge in [-0.1, -0.05) is 24.3 Å². The van der Waals surface area contributed by atoms with E-state index < -0.39 is 52.3 Å². The van der Waals surface area contributed by atoms with Crippen molar-refractivity contribution >= 4 is 153 Å². The average molecular weight is 1090 g/mol. The third kappa shape index (κ3) is 6.71. The lowest BCUT2D eigenvalue weighted by Gasteiger charge is -2.19. The van der Waals surface area contributed by atoms with Crippen molar-refractivity contribution in [2.24, 2.45) is 5.41 Å². The van der Waals surface area contributed by atoms with Gasteiger partial charge < -0.3 is 47.4 Å². The summed E-state index contributed by atoms with van der Waals surface area (Å²) in [5.41, 5.74) is 4.22. The summed E-state index contributed by atoms with van der Waals surface area (Å²) in [4.78, 5) is 55.0. The Morgan fingerprint density at radius 1 is 0.346 bits per heavy atom.